The lowest BCUT2D eigenvalue weighted by Gasteiger charge is -2.09. The van der Waals surface area contributed by atoms with Crippen LogP contribution in [0.5, 0.6) is 0 Å². The zero-order valence-electron chi connectivity index (χ0n) is 7.46. The number of nitrogens with zero attached hydrogens (tertiary/aromatic N) is 1. The van der Waals surface area contributed by atoms with Crippen molar-refractivity contribution >= 4 is 7.62 Å². The summed E-state index contributed by atoms with van der Waals surface area (Å²) in [6.07, 6.45) is 0. The number of hydrogen-bond donors (Lipinski definition) is 0. The van der Waals surface area contributed by atoms with Gasteiger partial charge >= 0.3 is 7.62 Å². The van der Waals surface area contributed by atoms with Gasteiger partial charge in [0, 0.05) is 20.2 Å². The molecule has 1 heterocycles. The highest BCUT2D eigenvalue weighted by atomic mass is 19.1. The minimum Gasteiger partial charge on any atom is -0.427 e. The number of fused-ring (bicyclic) bond motifs is 1. The molecule has 0 aromatic heterocycles. The minimum absolute atomic E-state index is 0.169. The second-order valence-electron chi connectivity index (χ2n) is 3.16. The van der Waals surface area contributed by atoms with Gasteiger partial charge in [-0.15, -0.1) is 0 Å². The van der Waals surface area contributed by atoms with Crippen LogP contribution in [-0.2, 0) is 17.7 Å². The van der Waals surface area contributed by atoms with Crippen LogP contribution in [0.25, 0.3) is 0 Å². The molecule has 0 unspecified atom stereocenters. The Kier molecular flexibility index (Phi) is 2.33. The van der Waals surface area contributed by atoms with Gasteiger partial charge in [0.05, 0.1) is 0 Å². The van der Waals surface area contributed by atoms with E-state index in [1.807, 2.05) is 10.9 Å². The van der Waals surface area contributed by atoms with Crippen molar-refractivity contribution in [2.75, 3.05) is 7.11 Å². The molecule has 0 aliphatic carbocycles. The van der Waals surface area contributed by atoms with Gasteiger partial charge in [-0.05, 0) is 23.3 Å². The Labute approximate surface area is 77.6 Å². The molecule has 1 radical (unpaired) electrons. The van der Waals surface area contributed by atoms with Crippen molar-refractivity contribution in [3.05, 3.63) is 35.1 Å². The molecule has 0 atom stereocenters. The molecule has 1 aliphatic rings. The van der Waals surface area contributed by atoms with Crippen LogP contribution in [0.3, 0.4) is 0 Å². The lowest BCUT2D eigenvalue weighted by Crippen LogP contribution is -2.22. The van der Waals surface area contributed by atoms with E-state index in [4.69, 9.17) is 4.65 Å². The molecule has 13 heavy (non-hydrogen) atoms. The predicted octanol–water partition coefficient (Wildman–Crippen LogP) is 1.32. The highest BCUT2D eigenvalue weighted by Gasteiger charge is 2.19. The Morgan fingerprint density at radius 3 is 2.92 bits per heavy atom. The number of benzene rings is 1. The van der Waals surface area contributed by atoms with Crippen molar-refractivity contribution in [2.45, 2.75) is 13.1 Å². The summed E-state index contributed by atoms with van der Waals surface area (Å²) < 4.78 is 17.7. The lowest BCUT2D eigenvalue weighted by atomic mass is 10.1. The Morgan fingerprint density at radius 2 is 2.15 bits per heavy atom. The van der Waals surface area contributed by atoms with Crippen LogP contribution >= 0.6 is 0 Å². The fraction of sp³-hybridized carbons (Fsp3) is 0.333. The molecule has 0 bridgehead atoms. The molecule has 0 saturated carbocycles. The van der Waals surface area contributed by atoms with Crippen LogP contribution < -0.4 is 0 Å². The monoisotopic (exact) mass is 178 g/mol. The van der Waals surface area contributed by atoms with Crippen LogP contribution in [0.1, 0.15) is 11.1 Å². The van der Waals surface area contributed by atoms with Gasteiger partial charge in [0.2, 0.25) is 0 Å². The van der Waals surface area contributed by atoms with Crippen LogP contribution in [0.4, 0.5) is 4.39 Å². The zero-order valence-corrected chi connectivity index (χ0v) is 7.46. The molecular weight excluding hydrogens is 168 g/mol. The molecule has 0 fully saturated rings. The summed E-state index contributed by atoms with van der Waals surface area (Å²) >= 11 is 0. The van der Waals surface area contributed by atoms with Crippen molar-refractivity contribution in [3.63, 3.8) is 0 Å². The number of hydrogen-bond acceptors (Lipinski definition) is 2. The second kappa shape index (κ2) is 3.48. The van der Waals surface area contributed by atoms with Crippen molar-refractivity contribution < 1.29 is 9.04 Å². The van der Waals surface area contributed by atoms with Gasteiger partial charge in [-0.2, -0.15) is 0 Å². The van der Waals surface area contributed by atoms with Crippen molar-refractivity contribution in [3.8, 4) is 0 Å². The van der Waals surface area contributed by atoms with E-state index in [0.717, 1.165) is 18.7 Å². The summed E-state index contributed by atoms with van der Waals surface area (Å²) in [7, 11) is 3.28. The quantitative estimate of drug-likeness (QED) is 0.633. The van der Waals surface area contributed by atoms with E-state index in [2.05, 4.69) is 0 Å². The molecule has 2 rings (SSSR count). The first-order valence-corrected chi connectivity index (χ1v) is 4.17. The third-order valence-corrected chi connectivity index (χ3v) is 2.17. The van der Waals surface area contributed by atoms with Gasteiger partial charge in [-0.1, -0.05) is 6.07 Å². The molecule has 1 aliphatic heterocycles. The van der Waals surface area contributed by atoms with Gasteiger partial charge in [-0.3, -0.25) is 0 Å². The van der Waals surface area contributed by atoms with E-state index < -0.39 is 0 Å². The van der Waals surface area contributed by atoms with E-state index >= 15 is 0 Å². The van der Waals surface area contributed by atoms with Gasteiger partial charge in [0.15, 0.2) is 0 Å². The average Bonchev–Trinajstić information content (AvgIpc) is 2.46. The fourth-order valence-electron chi connectivity index (χ4n) is 1.61. The normalized spacial score (nSPS) is 15.8. The standard InChI is InChI=1S/C9H10BFNO/c1-13-10-12-5-7-2-3-9(11)4-8(7)6-12/h2-4H,5-6H2,1H3. The number of rotatable bonds is 2. The maximum absolute atomic E-state index is 12.8. The molecule has 1 aromatic carbocycles. The Hall–Kier alpha value is -0.865. The molecule has 0 amide bonds. The second-order valence-corrected chi connectivity index (χ2v) is 3.16. The van der Waals surface area contributed by atoms with Crippen LogP contribution in [-0.4, -0.2) is 19.5 Å². The summed E-state index contributed by atoms with van der Waals surface area (Å²) in [5.41, 5.74) is 2.23. The Bertz CT molecular complexity index is 318. The highest BCUT2D eigenvalue weighted by Crippen LogP contribution is 2.22. The number of halogens is 1. The van der Waals surface area contributed by atoms with Crippen LogP contribution in [0.15, 0.2) is 18.2 Å². The van der Waals surface area contributed by atoms with Gasteiger partial charge in [0.25, 0.3) is 0 Å². The maximum atomic E-state index is 12.8. The van der Waals surface area contributed by atoms with Crippen LogP contribution in [0.2, 0.25) is 0 Å². The molecular formula is C9H10BFNO. The lowest BCUT2D eigenvalue weighted by molar-refractivity contribution is 0.345. The molecule has 4 heteroatoms. The maximum Gasteiger partial charge on any atom is 0.399 e. The van der Waals surface area contributed by atoms with Crippen molar-refractivity contribution in [1.82, 2.24) is 4.81 Å². The summed E-state index contributed by atoms with van der Waals surface area (Å²) in [5, 5.41) is 0. The van der Waals surface area contributed by atoms with Gasteiger partial charge < -0.3 is 9.47 Å². The third-order valence-electron chi connectivity index (χ3n) is 2.17. The third kappa shape index (κ3) is 1.74. The van der Waals surface area contributed by atoms with Gasteiger partial charge in [-0.25, -0.2) is 4.39 Å². The molecule has 1 aromatic rings. The van der Waals surface area contributed by atoms with E-state index in [9.17, 15) is 4.39 Å². The summed E-state index contributed by atoms with van der Waals surface area (Å²) in [5.74, 6) is -0.169. The van der Waals surface area contributed by atoms with E-state index in [0.29, 0.717) is 0 Å². The highest BCUT2D eigenvalue weighted by molar-refractivity contribution is 6.23. The minimum atomic E-state index is -0.169. The first kappa shape index (κ1) is 8.72. The van der Waals surface area contributed by atoms with E-state index in [-0.39, 0.29) is 5.82 Å². The Balaban J connectivity index is 2.16. The fourth-order valence-corrected chi connectivity index (χ4v) is 1.61. The topological polar surface area (TPSA) is 12.5 Å². The summed E-state index contributed by atoms with van der Waals surface area (Å²) in [6.45, 7) is 1.55. The SMILES string of the molecule is CO[B]N1Cc2ccc(F)cc2C1. The van der Waals surface area contributed by atoms with Crippen molar-refractivity contribution in [1.29, 1.82) is 0 Å². The largest absolute Gasteiger partial charge is 0.427 e. The smallest absolute Gasteiger partial charge is 0.399 e. The van der Waals surface area contributed by atoms with E-state index in [1.54, 1.807) is 20.8 Å². The van der Waals surface area contributed by atoms with Gasteiger partial charge in [0.1, 0.15) is 5.82 Å². The molecule has 0 N–H and O–H groups in total. The summed E-state index contributed by atoms with van der Waals surface area (Å²) in [6, 6.07) is 4.90. The molecule has 0 spiro atoms. The van der Waals surface area contributed by atoms with Crippen molar-refractivity contribution in [2.24, 2.45) is 0 Å². The first-order chi connectivity index (χ1) is 6.29. The Morgan fingerprint density at radius 1 is 1.38 bits per heavy atom. The summed E-state index contributed by atoms with van der Waals surface area (Å²) in [4.78, 5) is 2.00. The molecule has 67 valence electrons. The molecule has 0 saturated heterocycles. The first-order valence-electron chi connectivity index (χ1n) is 4.17. The molecule has 2 nitrogen and oxygen atoms in total. The zero-order chi connectivity index (χ0) is 9.26. The predicted molar refractivity (Wildman–Crippen MR) is 48.4 cm³/mol. The van der Waals surface area contributed by atoms with E-state index in [1.165, 1.54) is 11.6 Å². The van der Waals surface area contributed by atoms with Crippen LogP contribution in [0, 0.1) is 5.82 Å². The average molecular weight is 178 g/mol.